The minimum absolute atomic E-state index is 0.0148. The molecule has 1 aliphatic rings. The van der Waals surface area contributed by atoms with Crippen LogP contribution < -0.4 is 10.6 Å². The summed E-state index contributed by atoms with van der Waals surface area (Å²) in [7, 11) is 0. The maximum absolute atomic E-state index is 11.4. The number of carboxylic acid groups (broad SMARTS) is 1. The Morgan fingerprint density at radius 2 is 2.24 bits per heavy atom. The van der Waals surface area contributed by atoms with Crippen LogP contribution in [0.25, 0.3) is 0 Å². The molecule has 7 heteroatoms. The van der Waals surface area contributed by atoms with Crippen molar-refractivity contribution < 1.29 is 19.8 Å². The summed E-state index contributed by atoms with van der Waals surface area (Å²) in [6, 6.07) is -1.52. The van der Waals surface area contributed by atoms with Gasteiger partial charge in [-0.05, 0) is 18.6 Å². The second kappa shape index (κ2) is 7.39. The Labute approximate surface area is 104 Å². The van der Waals surface area contributed by atoms with Crippen LogP contribution in [-0.2, 0) is 4.79 Å². The molecule has 1 fully saturated rings. The largest absolute Gasteiger partial charge is 0.480 e. The van der Waals surface area contributed by atoms with Crippen LogP contribution >= 0.6 is 11.8 Å². The van der Waals surface area contributed by atoms with E-state index in [0.29, 0.717) is 11.8 Å². The molecular formula is C10H18N2O4S. The van der Waals surface area contributed by atoms with Crippen molar-refractivity contribution in [2.45, 2.75) is 30.6 Å². The molecule has 0 aromatic rings. The average Bonchev–Trinajstić information content (AvgIpc) is 2.78. The summed E-state index contributed by atoms with van der Waals surface area (Å²) in [5, 5.41) is 22.8. The van der Waals surface area contributed by atoms with Crippen LogP contribution in [0.2, 0.25) is 0 Å². The van der Waals surface area contributed by atoms with Crippen molar-refractivity contribution in [3.8, 4) is 0 Å². The molecule has 2 atom stereocenters. The van der Waals surface area contributed by atoms with Crippen molar-refractivity contribution >= 4 is 23.8 Å². The van der Waals surface area contributed by atoms with Crippen LogP contribution in [0, 0.1) is 0 Å². The van der Waals surface area contributed by atoms with E-state index < -0.39 is 18.0 Å². The number of aliphatic carboxylic acids is 1. The number of aliphatic hydroxyl groups excluding tert-OH is 1. The Morgan fingerprint density at radius 1 is 1.47 bits per heavy atom. The fourth-order valence-electron chi connectivity index (χ4n) is 1.61. The van der Waals surface area contributed by atoms with E-state index in [2.05, 4.69) is 10.6 Å². The van der Waals surface area contributed by atoms with E-state index in [1.54, 1.807) is 0 Å². The number of hydrogen-bond donors (Lipinski definition) is 4. The number of urea groups is 1. The molecule has 0 saturated carbocycles. The van der Waals surface area contributed by atoms with Gasteiger partial charge in [0, 0.05) is 24.8 Å². The summed E-state index contributed by atoms with van der Waals surface area (Å²) in [6.07, 6.45) is 2.27. The zero-order valence-corrected chi connectivity index (χ0v) is 10.3. The second-order valence-electron chi connectivity index (χ2n) is 3.89. The highest BCUT2D eigenvalue weighted by Crippen LogP contribution is 2.25. The summed E-state index contributed by atoms with van der Waals surface area (Å²) >= 11 is 1.82. The van der Waals surface area contributed by atoms with Crippen molar-refractivity contribution in [2.75, 3.05) is 18.9 Å². The standard InChI is InChI=1S/C10H18N2O4S/c13-4-3-8(9(14)15)12-10(16)11-6-7-2-1-5-17-7/h7-8,13H,1-6H2,(H,14,15)(H2,11,12,16)/t7?,8-/m0/s1. The maximum atomic E-state index is 11.4. The van der Waals surface area contributed by atoms with E-state index >= 15 is 0 Å². The van der Waals surface area contributed by atoms with Gasteiger partial charge >= 0.3 is 12.0 Å². The highest BCUT2D eigenvalue weighted by molar-refractivity contribution is 8.00. The van der Waals surface area contributed by atoms with Gasteiger partial charge in [0.2, 0.25) is 0 Å². The van der Waals surface area contributed by atoms with Gasteiger partial charge in [0.05, 0.1) is 0 Å². The van der Waals surface area contributed by atoms with Crippen LogP contribution in [0.3, 0.4) is 0 Å². The van der Waals surface area contributed by atoms with Crippen LogP contribution in [-0.4, -0.2) is 52.4 Å². The van der Waals surface area contributed by atoms with Gasteiger partial charge in [-0.2, -0.15) is 11.8 Å². The lowest BCUT2D eigenvalue weighted by molar-refractivity contribution is -0.139. The fraction of sp³-hybridized carbons (Fsp3) is 0.800. The number of thioether (sulfide) groups is 1. The monoisotopic (exact) mass is 262 g/mol. The zero-order valence-electron chi connectivity index (χ0n) is 9.52. The van der Waals surface area contributed by atoms with Crippen LogP contribution in [0.15, 0.2) is 0 Å². The molecule has 2 amide bonds. The minimum atomic E-state index is -1.13. The van der Waals surface area contributed by atoms with Crippen molar-refractivity contribution in [2.24, 2.45) is 0 Å². The lowest BCUT2D eigenvalue weighted by atomic mass is 10.2. The molecular weight excluding hydrogens is 244 g/mol. The van der Waals surface area contributed by atoms with Crippen molar-refractivity contribution in [1.82, 2.24) is 10.6 Å². The summed E-state index contributed by atoms with van der Waals surface area (Å²) in [5.74, 6) is -0.0135. The fourth-order valence-corrected chi connectivity index (χ4v) is 2.81. The van der Waals surface area contributed by atoms with Gasteiger partial charge in [-0.25, -0.2) is 9.59 Å². The van der Waals surface area contributed by atoms with E-state index in [1.165, 1.54) is 6.42 Å². The Balaban J connectivity index is 2.23. The number of aliphatic hydroxyl groups is 1. The lowest BCUT2D eigenvalue weighted by Crippen LogP contribution is -2.47. The number of nitrogens with one attached hydrogen (secondary N) is 2. The van der Waals surface area contributed by atoms with E-state index in [9.17, 15) is 9.59 Å². The molecule has 6 nitrogen and oxygen atoms in total. The topological polar surface area (TPSA) is 98.7 Å². The Morgan fingerprint density at radius 3 is 2.76 bits per heavy atom. The van der Waals surface area contributed by atoms with Gasteiger partial charge in [-0.1, -0.05) is 0 Å². The number of carboxylic acids is 1. The molecule has 0 spiro atoms. The van der Waals surface area contributed by atoms with Gasteiger partial charge in [-0.15, -0.1) is 0 Å². The number of rotatable bonds is 6. The van der Waals surface area contributed by atoms with E-state index in [-0.39, 0.29) is 13.0 Å². The molecule has 4 N–H and O–H groups in total. The molecule has 0 bridgehead atoms. The molecule has 1 unspecified atom stereocenters. The van der Waals surface area contributed by atoms with E-state index in [0.717, 1.165) is 12.2 Å². The van der Waals surface area contributed by atoms with Gasteiger partial charge in [0.1, 0.15) is 6.04 Å². The molecule has 17 heavy (non-hydrogen) atoms. The average molecular weight is 262 g/mol. The third-order valence-electron chi connectivity index (χ3n) is 2.54. The molecule has 1 rings (SSSR count). The number of carbonyl (C=O) groups excluding carboxylic acids is 1. The smallest absolute Gasteiger partial charge is 0.326 e. The Hall–Kier alpha value is -0.950. The highest BCUT2D eigenvalue weighted by atomic mass is 32.2. The molecule has 1 heterocycles. The quantitative estimate of drug-likeness (QED) is 0.541. The van der Waals surface area contributed by atoms with Crippen LogP contribution in [0.5, 0.6) is 0 Å². The molecule has 98 valence electrons. The SMILES string of the molecule is O=C(NCC1CCCS1)N[C@@H](CCO)C(=O)O. The molecule has 0 aromatic heterocycles. The maximum Gasteiger partial charge on any atom is 0.326 e. The predicted octanol–water partition coefficient (Wildman–Crippen LogP) is 0.0168. The van der Waals surface area contributed by atoms with Crippen LogP contribution in [0.1, 0.15) is 19.3 Å². The third kappa shape index (κ3) is 5.27. The molecule has 1 saturated heterocycles. The summed E-state index contributed by atoms with van der Waals surface area (Å²) in [4.78, 5) is 22.1. The minimum Gasteiger partial charge on any atom is -0.480 e. The van der Waals surface area contributed by atoms with E-state index in [1.807, 2.05) is 11.8 Å². The summed E-state index contributed by atoms with van der Waals surface area (Å²) in [5.41, 5.74) is 0. The normalized spacial score (nSPS) is 20.9. The predicted molar refractivity (Wildman–Crippen MR) is 65.1 cm³/mol. The first-order chi connectivity index (χ1) is 8.13. The van der Waals surface area contributed by atoms with Crippen molar-refractivity contribution in [3.63, 3.8) is 0 Å². The molecule has 0 radical (unpaired) electrons. The van der Waals surface area contributed by atoms with E-state index in [4.69, 9.17) is 10.2 Å². The molecule has 0 aliphatic carbocycles. The van der Waals surface area contributed by atoms with Gasteiger partial charge in [0.15, 0.2) is 0 Å². The third-order valence-corrected chi connectivity index (χ3v) is 3.93. The van der Waals surface area contributed by atoms with Gasteiger partial charge < -0.3 is 20.8 Å². The van der Waals surface area contributed by atoms with Crippen molar-refractivity contribution in [1.29, 1.82) is 0 Å². The number of carbonyl (C=O) groups is 2. The molecule has 1 aliphatic heterocycles. The van der Waals surface area contributed by atoms with Gasteiger partial charge in [-0.3, -0.25) is 0 Å². The summed E-state index contributed by atoms with van der Waals surface area (Å²) in [6.45, 7) is 0.289. The Kier molecular flexibility index (Phi) is 6.13. The van der Waals surface area contributed by atoms with Gasteiger partial charge in [0.25, 0.3) is 0 Å². The number of amides is 2. The first kappa shape index (κ1) is 14.1. The van der Waals surface area contributed by atoms with Crippen molar-refractivity contribution in [3.05, 3.63) is 0 Å². The Bertz CT molecular complexity index is 269. The second-order valence-corrected chi connectivity index (χ2v) is 5.30. The highest BCUT2D eigenvalue weighted by Gasteiger charge is 2.20. The zero-order chi connectivity index (χ0) is 12.7. The lowest BCUT2D eigenvalue weighted by Gasteiger charge is -2.15. The summed E-state index contributed by atoms with van der Waals surface area (Å²) < 4.78 is 0. The molecule has 0 aromatic carbocycles. The first-order valence-electron chi connectivity index (χ1n) is 5.63. The number of hydrogen-bond acceptors (Lipinski definition) is 4. The van der Waals surface area contributed by atoms with Crippen LogP contribution in [0.4, 0.5) is 4.79 Å². The first-order valence-corrected chi connectivity index (χ1v) is 6.68.